The maximum Gasteiger partial charge on any atom is 0.312 e. The second kappa shape index (κ2) is 9.59. The first kappa shape index (κ1) is 20.2. The Bertz CT molecular complexity index is 868. The first-order chi connectivity index (χ1) is 14.0. The number of nitrogens with one attached hydrogen (secondary N) is 2. The van der Waals surface area contributed by atoms with E-state index >= 15 is 0 Å². The molecule has 4 N–H and O–H groups in total. The lowest BCUT2D eigenvalue weighted by atomic mass is 10.0. The first-order valence-corrected chi connectivity index (χ1v) is 9.33. The fourth-order valence-electron chi connectivity index (χ4n) is 2.71. The van der Waals surface area contributed by atoms with Crippen LogP contribution in [0.5, 0.6) is 11.5 Å². The summed E-state index contributed by atoms with van der Waals surface area (Å²) in [4.78, 5) is 35.2. The van der Waals surface area contributed by atoms with Crippen molar-refractivity contribution in [2.75, 3.05) is 6.61 Å². The first-order valence-electron chi connectivity index (χ1n) is 9.33. The molecule has 152 valence electrons. The van der Waals surface area contributed by atoms with Gasteiger partial charge in [-0.3, -0.25) is 9.59 Å². The minimum atomic E-state index is -0.774. The van der Waals surface area contributed by atoms with Crippen LogP contribution in [0.15, 0.2) is 54.6 Å². The maximum absolute atomic E-state index is 12.2. The Morgan fingerprint density at radius 1 is 1.03 bits per heavy atom. The number of carbonyl (C=O) groups excluding carboxylic acids is 3. The average molecular weight is 397 g/mol. The molecule has 1 aliphatic rings. The van der Waals surface area contributed by atoms with Gasteiger partial charge < -0.3 is 25.8 Å². The Balaban J connectivity index is 1.62. The van der Waals surface area contributed by atoms with Crippen LogP contribution in [0.2, 0.25) is 0 Å². The molecule has 2 aromatic rings. The zero-order valence-corrected chi connectivity index (χ0v) is 15.8. The molecule has 1 saturated carbocycles. The van der Waals surface area contributed by atoms with Gasteiger partial charge in [0.05, 0.1) is 12.5 Å². The van der Waals surface area contributed by atoms with Gasteiger partial charge in [-0.15, -0.1) is 0 Å². The van der Waals surface area contributed by atoms with Gasteiger partial charge in [0.1, 0.15) is 11.5 Å². The third-order valence-corrected chi connectivity index (χ3v) is 4.23. The van der Waals surface area contributed by atoms with E-state index in [1.165, 1.54) is 0 Å². The quantitative estimate of drug-likeness (QED) is 0.561. The third kappa shape index (κ3) is 6.84. The van der Waals surface area contributed by atoms with Gasteiger partial charge in [-0.05, 0) is 42.7 Å². The highest BCUT2D eigenvalue weighted by atomic mass is 16.5. The molecule has 0 bridgehead atoms. The lowest BCUT2D eigenvalue weighted by Crippen LogP contribution is -2.35. The summed E-state index contributed by atoms with van der Waals surface area (Å²) < 4.78 is 10.8. The fourth-order valence-corrected chi connectivity index (χ4v) is 2.71. The molecule has 3 amide bonds. The summed E-state index contributed by atoms with van der Waals surface area (Å²) in [5.41, 5.74) is 5.88. The van der Waals surface area contributed by atoms with E-state index in [1.54, 1.807) is 24.3 Å². The van der Waals surface area contributed by atoms with Crippen LogP contribution < -0.4 is 21.1 Å². The standard InChI is InChI=1S/C21H23N3O5/c22-21(27)24-18(12-20(26)28-13-19(25)23-15-9-10-15)14-5-4-8-17(11-14)29-16-6-2-1-3-7-16/h1-8,11,15,18H,9-10,12-13H2,(H,23,25)(H3,22,24,27)/t18-/m0/s1. The average Bonchev–Trinajstić information content (AvgIpc) is 3.50. The highest BCUT2D eigenvalue weighted by molar-refractivity contribution is 5.81. The smallest absolute Gasteiger partial charge is 0.312 e. The van der Waals surface area contributed by atoms with Gasteiger partial charge in [0.25, 0.3) is 5.91 Å². The zero-order valence-electron chi connectivity index (χ0n) is 15.8. The van der Waals surface area contributed by atoms with Crippen molar-refractivity contribution in [1.29, 1.82) is 0 Å². The number of rotatable bonds is 9. The molecule has 1 atom stereocenters. The van der Waals surface area contributed by atoms with Crippen molar-refractivity contribution < 1.29 is 23.9 Å². The van der Waals surface area contributed by atoms with Crippen molar-refractivity contribution in [2.45, 2.75) is 31.3 Å². The predicted molar refractivity (Wildman–Crippen MR) is 105 cm³/mol. The van der Waals surface area contributed by atoms with Crippen molar-refractivity contribution >= 4 is 17.9 Å². The van der Waals surface area contributed by atoms with E-state index in [-0.39, 0.29) is 25.0 Å². The third-order valence-electron chi connectivity index (χ3n) is 4.23. The molecule has 29 heavy (non-hydrogen) atoms. The van der Waals surface area contributed by atoms with Gasteiger partial charge in [0, 0.05) is 6.04 Å². The molecule has 0 saturated heterocycles. The van der Waals surface area contributed by atoms with Crippen LogP contribution in [0.3, 0.4) is 0 Å². The molecule has 0 aliphatic heterocycles. The van der Waals surface area contributed by atoms with Crippen molar-refractivity contribution in [1.82, 2.24) is 10.6 Å². The molecule has 0 unspecified atom stereocenters. The SMILES string of the molecule is NC(=O)N[C@@H](CC(=O)OCC(=O)NC1CC1)c1cccc(Oc2ccccc2)c1. The summed E-state index contributed by atoms with van der Waals surface area (Å²) in [6.07, 6.45) is 1.73. The molecule has 3 rings (SSSR count). The van der Waals surface area contributed by atoms with Gasteiger partial charge in [0.2, 0.25) is 0 Å². The molecule has 8 heteroatoms. The van der Waals surface area contributed by atoms with Crippen molar-refractivity contribution in [3.8, 4) is 11.5 Å². The van der Waals surface area contributed by atoms with Crippen LogP contribution in [0.25, 0.3) is 0 Å². The number of esters is 1. The van der Waals surface area contributed by atoms with Crippen LogP contribution in [-0.2, 0) is 14.3 Å². The van der Waals surface area contributed by atoms with E-state index in [0.29, 0.717) is 17.1 Å². The minimum Gasteiger partial charge on any atom is -0.457 e. The van der Waals surface area contributed by atoms with Gasteiger partial charge in [-0.1, -0.05) is 30.3 Å². The van der Waals surface area contributed by atoms with E-state index in [4.69, 9.17) is 15.2 Å². The van der Waals surface area contributed by atoms with E-state index < -0.39 is 18.0 Å². The number of carbonyl (C=O) groups is 3. The zero-order chi connectivity index (χ0) is 20.6. The number of benzene rings is 2. The number of nitrogens with two attached hydrogens (primary N) is 1. The molecule has 0 aromatic heterocycles. The number of urea groups is 1. The summed E-state index contributed by atoms with van der Waals surface area (Å²) in [6.45, 7) is -0.351. The lowest BCUT2D eigenvalue weighted by Gasteiger charge is -2.18. The van der Waals surface area contributed by atoms with Crippen molar-refractivity contribution in [3.05, 3.63) is 60.2 Å². The van der Waals surface area contributed by atoms with Gasteiger partial charge >= 0.3 is 12.0 Å². The van der Waals surface area contributed by atoms with Crippen LogP contribution in [0.1, 0.15) is 30.9 Å². The highest BCUT2D eigenvalue weighted by Gasteiger charge is 2.24. The van der Waals surface area contributed by atoms with Gasteiger partial charge in [-0.25, -0.2) is 4.79 Å². The number of hydrogen-bond acceptors (Lipinski definition) is 5. The Morgan fingerprint density at radius 2 is 1.76 bits per heavy atom. The second-order valence-electron chi connectivity index (χ2n) is 6.76. The summed E-state index contributed by atoms with van der Waals surface area (Å²) in [7, 11) is 0. The number of primary amides is 1. The predicted octanol–water partition coefficient (Wildman–Crippen LogP) is 2.40. The summed E-state index contributed by atoms with van der Waals surface area (Å²) in [6, 6.07) is 14.9. The molecular weight excluding hydrogens is 374 g/mol. The largest absolute Gasteiger partial charge is 0.457 e. The highest BCUT2D eigenvalue weighted by Crippen LogP contribution is 2.26. The minimum absolute atomic E-state index is 0.172. The molecule has 0 radical (unpaired) electrons. The van der Waals surface area contributed by atoms with Crippen molar-refractivity contribution in [2.24, 2.45) is 5.73 Å². The number of amides is 3. The Labute approximate surface area is 168 Å². The van der Waals surface area contributed by atoms with Crippen LogP contribution in [0, 0.1) is 0 Å². The molecule has 2 aromatic carbocycles. The molecule has 8 nitrogen and oxygen atoms in total. The Kier molecular flexibility index (Phi) is 6.67. The fraction of sp³-hybridized carbons (Fsp3) is 0.286. The van der Waals surface area contributed by atoms with Crippen LogP contribution in [0.4, 0.5) is 4.79 Å². The topological polar surface area (TPSA) is 120 Å². The van der Waals surface area contributed by atoms with E-state index in [1.807, 2.05) is 30.3 Å². The van der Waals surface area contributed by atoms with E-state index in [2.05, 4.69) is 10.6 Å². The molecular formula is C21H23N3O5. The number of hydrogen-bond donors (Lipinski definition) is 3. The summed E-state index contributed by atoms with van der Waals surface area (Å²) in [5.74, 6) is 0.245. The molecule has 1 fully saturated rings. The van der Waals surface area contributed by atoms with E-state index in [0.717, 1.165) is 12.8 Å². The summed E-state index contributed by atoms with van der Waals surface area (Å²) >= 11 is 0. The Hall–Kier alpha value is -3.55. The lowest BCUT2D eigenvalue weighted by molar-refractivity contribution is -0.149. The maximum atomic E-state index is 12.2. The molecule has 0 heterocycles. The van der Waals surface area contributed by atoms with Gasteiger partial charge in [0.15, 0.2) is 6.61 Å². The van der Waals surface area contributed by atoms with Crippen LogP contribution in [-0.4, -0.2) is 30.6 Å². The van der Waals surface area contributed by atoms with Gasteiger partial charge in [-0.2, -0.15) is 0 Å². The van der Waals surface area contributed by atoms with E-state index in [9.17, 15) is 14.4 Å². The normalized spacial score (nSPS) is 13.8. The number of para-hydroxylation sites is 1. The molecule has 1 aliphatic carbocycles. The van der Waals surface area contributed by atoms with Crippen molar-refractivity contribution in [3.63, 3.8) is 0 Å². The summed E-state index contributed by atoms with van der Waals surface area (Å²) in [5, 5.41) is 5.26. The second-order valence-corrected chi connectivity index (χ2v) is 6.76. The Morgan fingerprint density at radius 3 is 2.45 bits per heavy atom. The molecule has 0 spiro atoms. The van der Waals surface area contributed by atoms with Crippen LogP contribution >= 0.6 is 0 Å². The monoisotopic (exact) mass is 397 g/mol. The number of ether oxygens (including phenoxy) is 2.